The second kappa shape index (κ2) is 14.3. The summed E-state index contributed by atoms with van der Waals surface area (Å²) in [6.45, 7) is 2.23. The van der Waals surface area contributed by atoms with Crippen LogP contribution in [0.2, 0.25) is 0 Å². The number of carbonyl (C=O) groups is 3. The molecule has 212 valence electrons. The van der Waals surface area contributed by atoms with Crippen molar-refractivity contribution in [2.24, 2.45) is 0 Å². The molecule has 0 spiro atoms. The first-order chi connectivity index (χ1) is 18.6. The van der Waals surface area contributed by atoms with Gasteiger partial charge in [-0.3, -0.25) is 28.0 Å². The highest BCUT2D eigenvalue weighted by Crippen LogP contribution is 2.53. The van der Waals surface area contributed by atoms with Crippen molar-refractivity contribution in [3.63, 3.8) is 0 Å². The van der Waals surface area contributed by atoms with Crippen LogP contribution in [0.5, 0.6) is 0 Å². The van der Waals surface area contributed by atoms with E-state index in [4.69, 9.17) is 32.5 Å². The third-order valence-corrected chi connectivity index (χ3v) is 6.68. The molecule has 0 radical (unpaired) electrons. The minimum atomic E-state index is -4.54. The average Bonchev–Trinajstić information content (AvgIpc) is 2.90. The summed E-state index contributed by atoms with van der Waals surface area (Å²) in [6.07, 6.45) is -8.95. The largest absolute Gasteiger partial charge is 0.477 e. The summed E-state index contributed by atoms with van der Waals surface area (Å²) in [4.78, 5) is 34.8. The smallest absolute Gasteiger partial charge is 0.463 e. The van der Waals surface area contributed by atoms with E-state index in [9.17, 15) is 18.9 Å². The highest BCUT2D eigenvalue weighted by Gasteiger charge is 2.53. The Bertz CT molecular complexity index is 1100. The van der Waals surface area contributed by atoms with Crippen LogP contribution in [0.4, 0.5) is 4.39 Å². The Morgan fingerprint density at radius 1 is 0.795 bits per heavy atom. The molecule has 2 aromatic carbocycles. The molecule has 0 bridgehead atoms. The second-order valence-electron chi connectivity index (χ2n) is 8.51. The molecule has 0 aromatic heterocycles. The molecule has 0 N–H and O–H groups in total. The number of hydrogen-bond donors (Lipinski definition) is 0. The summed E-state index contributed by atoms with van der Waals surface area (Å²) < 4.78 is 67.0. The van der Waals surface area contributed by atoms with Crippen molar-refractivity contribution >= 4 is 25.7 Å². The first kappa shape index (κ1) is 30.4. The maximum Gasteiger partial charge on any atom is 0.477 e. The van der Waals surface area contributed by atoms with Gasteiger partial charge in [0.1, 0.15) is 12.7 Å². The van der Waals surface area contributed by atoms with Gasteiger partial charge in [0.05, 0.1) is 13.2 Å². The summed E-state index contributed by atoms with van der Waals surface area (Å²) in [5, 5.41) is 0. The van der Waals surface area contributed by atoms with Crippen LogP contribution in [0.3, 0.4) is 0 Å². The number of ether oxygens (including phenoxy) is 4. The van der Waals surface area contributed by atoms with Gasteiger partial charge in [-0.2, -0.15) is 0 Å². The Morgan fingerprint density at radius 3 is 1.74 bits per heavy atom. The summed E-state index contributed by atoms with van der Waals surface area (Å²) in [5.74, 6) is -2.48. The lowest BCUT2D eigenvalue weighted by molar-refractivity contribution is -0.278. The molecule has 1 saturated heterocycles. The number of halogens is 1. The Labute approximate surface area is 225 Å². The van der Waals surface area contributed by atoms with E-state index in [0.29, 0.717) is 11.1 Å². The van der Waals surface area contributed by atoms with Gasteiger partial charge in [-0.1, -0.05) is 60.7 Å². The van der Waals surface area contributed by atoms with E-state index in [1.54, 1.807) is 60.7 Å². The normalized spacial score (nSPS) is 23.0. The summed E-state index contributed by atoms with van der Waals surface area (Å²) in [7, 11) is -4.54. The number of esters is 3. The van der Waals surface area contributed by atoms with E-state index in [1.807, 2.05) is 0 Å². The first-order valence-corrected chi connectivity index (χ1v) is 13.4. The van der Waals surface area contributed by atoms with E-state index in [0.717, 1.165) is 20.8 Å². The quantitative estimate of drug-likeness (QED) is 0.209. The van der Waals surface area contributed by atoms with Gasteiger partial charge in [-0.25, -0.2) is 8.96 Å². The molecule has 1 aliphatic heterocycles. The Hall–Kier alpha value is -3.15. The zero-order chi connectivity index (χ0) is 28.4. The summed E-state index contributed by atoms with van der Waals surface area (Å²) in [5.41, 5.74) is 1.27. The highest BCUT2D eigenvalue weighted by molar-refractivity contribution is 7.48. The molecular formula is C26H30FO11P. The Kier molecular flexibility index (Phi) is 11.1. The first-order valence-electron chi connectivity index (χ1n) is 12.0. The molecule has 1 aliphatic rings. The van der Waals surface area contributed by atoms with Crippen molar-refractivity contribution in [3.8, 4) is 0 Å². The fraction of sp³-hybridized carbons (Fsp3) is 0.423. The standard InChI is InChI=1S/C26H30FO11P/c1-17(28)32-16-22-24(35-18(2)29)23(27)25(36-19(3)30)26(37-22)38-39(31,33-14-20-10-6-4-7-11-20)34-15-21-12-8-5-9-13-21/h4-13,22-26H,14-16H2,1-3H3/t22-,23+,24-,25-,26+/m1/s1. The lowest BCUT2D eigenvalue weighted by Gasteiger charge is -2.42. The fourth-order valence-corrected chi connectivity index (χ4v) is 4.85. The average molecular weight is 568 g/mol. The number of carbonyl (C=O) groups excluding carboxylic acids is 3. The van der Waals surface area contributed by atoms with E-state index in [-0.39, 0.29) is 13.2 Å². The zero-order valence-electron chi connectivity index (χ0n) is 21.6. The van der Waals surface area contributed by atoms with E-state index < -0.39 is 63.1 Å². The molecule has 0 amide bonds. The van der Waals surface area contributed by atoms with Crippen LogP contribution in [0.25, 0.3) is 0 Å². The molecule has 3 rings (SSSR count). The summed E-state index contributed by atoms with van der Waals surface area (Å²) >= 11 is 0. The maximum absolute atomic E-state index is 15.7. The van der Waals surface area contributed by atoms with Gasteiger partial charge in [-0.05, 0) is 11.1 Å². The van der Waals surface area contributed by atoms with E-state index >= 15 is 4.39 Å². The minimum Gasteiger partial charge on any atom is -0.463 e. The van der Waals surface area contributed by atoms with Crippen molar-refractivity contribution in [1.82, 2.24) is 0 Å². The van der Waals surface area contributed by atoms with Gasteiger partial charge in [0, 0.05) is 20.8 Å². The van der Waals surface area contributed by atoms with E-state index in [2.05, 4.69) is 0 Å². The molecular weight excluding hydrogens is 538 g/mol. The molecule has 39 heavy (non-hydrogen) atoms. The zero-order valence-corrected chi connectivity index (χ0v) is 22.5. The van der Waals surface area contributed by atoms with Gasteiger partial charge in [0.25, 0.3) is 0 Å². The summed E-state index contributed by atoms with van der Waals surface area (Å²) in [6, 6.07) is 17.4. The third kappa shape index (κ3) is 9.52. The number of alkyl halides is 1. The Morgan fingerprint density at radius 2 is 1.28 bits per heavy atom. The molecule has 0 saturated carbocycles. The van der Waals surface area contributed by atoms with Crippen molar-refractivity contribution in [3.05, 3.63) is 71.8 Å². The van der Waals surface area contributed by atoms with Crippen molar-refractivity contribution in [2.45, 2.75) is 64.8 Å². The maximum atomic E-state index is 15.7. The fourth-order valence-electron chi connectivity index (χ4n) is 3.61. The number of rotatable bonds is 12. The van der Waals surface area contributed by atoms with Crippen molar-refractivity contribution in [1.29, 1.82) is 0 Å². The minimum absolute atomic E-state index is 0.205. The number of hydrogen-bond acceptors (Lipinski definition) is 11. The molecule has 2 aromatic rings. The molecule has 0 unspecified atom stereocenters. The lowest BCUT2D eigenvalue weighted by atomic mass is 10.00. The highest BCUT2D eigenvalue weighted by atomic mass is 31.2. The van der Waals surface area contributed by atoms with E-state index in [1.165, 1.54) is 0 Å². The van der Waals surface area contributed by atoms with Crippen LogP contribution in [-0.2, 0) is 64.7 Å². The van der Waals surface area contributed by atoms with Crippen LogP contribution < -0.4 is 0 Å². The van der Waals surface area contributed by atoms with Gasteiger partial charge >= 0.3 is 25.7 Å². The third-order valence-electron chi connectivity index (χ3n) is 5.32. The predicted molar refractivity (Wildman–Crippen MR) is 132 cm³/mol. The SMILES string of the molecule is CC(=O)OC[C@H]1O[C@@H](OP(=O)(OCc2ccccc2)OCc2ccccc2)[C@H](OC(C)=O)[C@@H](F)[C@@H]1OC(C)=O. The number of phosphoric acid groups is 1. The van der Waals surface area contributed by atoms with Gasteiger partial charge in [0.2, 0.25) is 6.29 Å². The van der Waals surface area contributed by atoms with Crippen LogP contribution >= 0.6 is 7.82 Å². The van der Waals surface area contributed by atoms with Crippen LogP contribution in [0.1, 0.15) is 31.9 Å². The molecule has 0 aliphatic carbocycles. The van der Waals surface area contributed by atoms with Gasteiger partial charge in [-0.15, -0.1) is 0 Å². The molecule has 1 heterocycles. The number of benzene rings is 2. The predicted octanol–water partition coefficient (Wildman–Crippen LogP) is 4.03. The topological polar surface area (TPSA) is 133 Å². The molecule has 1 fully saturated rings. The van der Waals surface area contributed by atoms with Gasteiger partial charge < -0.3 is 18.9 Å². The lowest BCUT2D eigenvalue weighted by Crippen LogP contribution is -2.60. The van der Waals surface area contributed by atoms with Crippen molar-refractivity contribution in [2.75, 3.05) is 6.61 Å². The van der Waals surface area contributed by atoms with Crippen molar-refractivity contribution < 1.29 is 55.9 Å². The number of phosphoric ester groups is 1. The van der Waals surface area contributed by atoms with Crippen LogP contribution in [0, 0.1) is 0 Å². The van der Waals surface area contributed by atoms with Crippen LogP contribution in [-0.4, -0.2) is 55.3 Å². The molecule has 5 atom stereocenters. The van der Waals surface area contributed by atoms with Gasteiger partial charge in [0.15, 0.2) is 18.4 Å². The molecule has 13 heteroatoms. The Balaban J connectivity index is 1.89. The molecule has 11 nitrogen and oxygen atoms in total. The second-order valence-corrected chi connectivity index (χ2v) is 10.1. The van der Waals surface area contributed by atoms with Crippen LogP contribution in [0.15, 0.2) is 60.7 Å². The monoisotopic (exact) mass is 568 g/mol.